The zero-order valence-electron chi connectivity index (χ0n) is 13.2. The molecule has 1 amide bonds. The third-order valence-corrected chi connectivity index (χ3v) is 3.66. The fraction of sp³-hybridized carbons (Fsp3) is 0.412. The highest BCUT2D eigenvalue weighted by Gasteiger charge is 2.19. The van der Waals surface area contributed by atoms with Gasteiger partial charge in [-0.15, -0.1) is 0 Å². The van der Waals surface area contributed by atoms with Crippen LogP contribution in [0, 0.1) is 0 Å². The molecule has 2 aromatic rings. The second-order valence-corrected chi connectivity index (χ2v) is 5.43. The first kappa shape index (κ1) is 17.2. The molecule has 0 saturated carbocycles. The second kappa shape index (κ2) is 9.07. The Morgan fingerprint density at radius 2 is 1.83 bits per heavy atom. The summed E-state index contributed by atoms with van der Waals surface area (Å²) in [6, 6.07) is 7.44. The summed E-state index contributed by atoms with van der Waals surface area (Å²) in [5.74, 6) is -1.06. The van der Waals surface area contributed by atoms with E-state index in [0.29, 0.717) is 18.7 Å². The zero-order chi connectivity index (χ0) is 16.5. The Morgan fingerprint density at radius 1 is 1.04 bits per heavy atom. The Bertz CT molecular complexity index is 651. The molecule has 23 heavy (non-hydrogen) atoms. The monoisotopic (exact) mass is 316 g/mol. The summed E-state index contributed by atoms with van der Waals surface area (Å²) < 4.78 is 0. The van der Waals surface area contributed by atoms with Crippen molar-refractivity contribution in [1.82, 2.24) is 15.6 Å². The highest BCUT2D eigenvalue weighted by Crippen LogP contribution is 2.17. The van der Waals surface area contributed by atoms with Crippen LogP contribution >= 0.6 is 0 Å². The third kappa shape index (κ3) is 4.91. The minimum absolute atomic E-state index is 0.415. The lowest BCUT2D eigenvalue weighted by molar-refractivity contribution is -0.116. The molecule has 124 valence electrons. The van der Waals surface area contributed by atoms with Gasteiger partial charge in [0.15, 0.2) is 0 Å². The predicted molar refractivity (Wildman–Crippen MR) is 91.4 cm³/mol. The number of carbonyl (C=O) groups excluding carboxylic acids is 2. The molecule has 1 heterocycles. The van der Waals surface area contributed by atoms with E-state index in [1.165, 1.54) is 0 Å². The van der Waals surface area contributed by atoms with Gasteiger partial charge in [0.25, 0.3) is 11.7 Å². The minimum atomic E-state index is -0.558. The van der Waals surface area contributed by atoms with Crippen molar-refractivity contribution in [1.29, 1.82) is 0 Å². The van der Waals surface area contributed by atoms with Gasteiger partial charge in [-0.25, -0.2) is 0 Å². The van der Waals surface area contributed by atoms with E-state index >= 15 is 0 Å². The Morgan fingerprint density at radius 3 is 2.65 bits per heavy atom. The third-order valence-electron chi connectivity index (χ3n) is 3.66. The summed E-state index contributed by atoms with van der Waals surface area (Å²) in [6.45, 7) is 2.94. The van der Waals surface area contributed by atoms with Gasteiger partial charge in [0, 0.05) is 23.6 Å². The van der Waals surface area contributed by atoms with E-state index in [9.17, 15) is 9.59 Å². The van der Waals surface area contributed by atoms with E-state index in [4.69, 9.17) is 5.73 Å². The van der Waals surface area contributed by atoms with Crippen LogP contribution < -0.4 is 16.4 Å². The van der Waals surface area contributed by atoms with Crippen LogP contribution in [0.4, 0.5) is 0 Å². The van der Waals surface area contributed by atoms with Crippen molar-refractivity contribution >= 4 is 22.6 Å². The van der Waals surface area contributed by atoms with Crippen molar-refractivity contribution in [3.8, 4) is 0 Å². The number of amides is 1. The molecule has 0 fully saturated rings. The maximum absolute atomic E-state index is 12.2. The van der Waals surface area contributed by atoms with Gasteiger partial charge in [-0.05, 0) is 45.0 Å². The summed E-state index contributed by atoms with van der Waals surface area (Å²) in [6.07, 6.45) is 4.45. The Kier molecular flexibility index (Phi) is 6.77. The predicted octanol–water partition coefficient (Wildman–Crippen LogP) is 1.19. The molecular formula is C17H24N4O2. The van der Waals surface area contributed by atoms with E-state index in [2.05, 4.69) is 15.6 Å². The van der Waals surface area contributed by atoms with Crippen LogP contribution in [-0.4, -0.2) is 42.9 Å². The van der Waals surface area contributed by atoms with Crippen LogP contribution in [-0.2, 0) is 4.79 Å². The smallest absolute Gasteiger partial charge is 0.292 e. The number of carbonyl (C=O) groups is 2. The lowest BCUT2D eigenvalue weighted by Gasteiger charge is -2.06. The van der Waals surface area contributed by atoms with Crippen molar-refractivity contribution in [2.45, 2.75) is 19.3 Å². The Hall–Kier alpha value is -2.18. The molecule has 0 saturated heterocycles. The number of ketones is 1. The Labute approximate surface area is 135 Å². The Balaban J connectivity index is 1.72. The van der Waals surface area contributed by atoms with Crippen LogP contribution in [0.1, 0.15) is 29.6 Å². The topological polar surface area (TPSA) is 100 Å². The molecule has 5 N–H and O–H groups in total. The zero-order valence-corrected chi connectivity index (χ0v) is 13.2. The molecule has 1 aromatic heterocycles. The first-order valence-electron chi connectivity index (χ1n) is 8.03. The van der Waals surface area contributed by atoms with Crippen molar-refractivity contribution in [3.63, 3.8) is 0 Å². The molecule has 1 aromatic carbocycles. The van der Waals surface area contributed by atoms with E-state index in [1.54, 1.807) is 6.20 Å². The minimum Gasteiger partial charge on any atom is -0.360 e. The summed E-state index contributed by atoms with van der Waals surface area (Å²) in [5.41, 5.74) is 6.68. The average molecular weight is 316 g/mol. The number of hydrogen-bond acceptors (Lipinski definition) is 4. The lowest BCUT2D eigenvalue weighted by atomic mass is 10.1. The largest absolute Gasteiger partial charge is 0.360 e. The lowest BCUT2D eigenvalue weighted by Crippen LogP contribution is -2.33. The molecule has 6 nitrogen and oxygen atoms in total. The maximum Gasteiger partial charge on any atom is 0.292 e. The van der Waals surface area contributed by atoms with E-state index in [1.807, 2.05) is 24.3 Å². The van der Waals surface area contributed by atoms with Gasteiger partial charge in [-0.2, -0.15) is 0 Å². The summed E-state index contributed by atoms with van der Waals surface area (Å²) in [4.78, 5) is 27.2. The molecule has 0 radical (unpaired) electrons. The molecule has 6 heteroatoms. The number of fused-ring (bicyclic) bond motifs is 1. The molecular weight excluding hydrogens is 292 g/mol. The van der Waals surface area contributed by atoms with Crippen molar-refractivity contribution in [3.05, 3.63) is 36.0 Å². The average Bonchev–Trinajstić information content (AvgIpc) is 3.00. The first-order chi connectivity index (χ1) is 11.2. The fourth-order valence-corrected chi connectivity index (χ4v) is 2.40. The number of nitrogens with two attached hydrogens (primary N) is 1. The molecule has 0 aliphatic heterocycles. The highest BCUT2D eigenvalue weighted by atomic mass is 16.2. The number of H-pyrrole nitrogens is 1. The van der Waals surface area contributed by atoms with Gasteiger partial charge in [0.2, 0.25) is 0 Å². The van der Waals surface area contributed by atoms with Crippen LogP contribution in [0.3, 0.4) is 0 Å². The van der Waals surface area contributed by atoms with Crippen molar-refractivity contribution < 1.29 is 9.59 Å². The first-order valence-corrected chi connectivity index (χ1v) is 8.03. The highest BCUT2D eigenvalue weighted by molar-refractivity contribution is 6.44. The number of nitrogens with one attached hydrogen (secondary N) is 3. The molecule has 2 rings (SSSR count). The van der Waals surface area contributed by atoms with Crippen LogP contribution in [0.15, 0.2) is 30.5 Å². The van der Waals surface area contributed by atoms with Crippen molar-refractivity contribution in [2.75, 3.05) is 26.2 Å². The number of unbranched alkanes of at least 4 members (excludes halogenated alkanes) is 1. The number of aromatic nitrogens is 1. The summed E-state index contributed by atoms with van der Waals surface area (Å²) in [5, 5.41) is 6.73. The summed E-state index contributed by atoms with van der Waals surface area (Å²) in [7, 11) is 0. The molecule has 0 bridgehead atoms. The number of para-hydroxylation sites is 1. The second-order valence-electron chi connectivity index (χ2n) is 5.43. The number of rotatable bonds is 10. The molecule has 0 aliphatic rings. The van der Waals surface area contributed by atoms with Crippen LogP contribution in [0.2, 0.25) is 0 Å². The number of Topliss-reactive ketones (excluding diaryl/α,β-unsaturated/α-hetero) is 1. The van der Waals surface area contributed by atoms with E-state index in [-0.39, 0.29) is 0 Å². The molecule has 0 unspecified atom stereocenters. The normalized spacial score (nSPS) is 10.8. The van der Waals surface area contributed by atoms with Gasteiger partial charge in [0.1, 0.15) is 0 Å². The van der Waals surface area contributed by atoms with Gasteiger partial charge >= 0.3 is 0 Å². The van der Waals surface area contributed by atoms with Gasteiger partial charge in [-0.1, -0.05) is 18.2 Å². The van der Waals surface area contributed by atoms with Crippen LogP contribution in [0.25, 0.3) is 10.9 Å². The van der Waals surface area contributed by atoms with Gasteiger partial charge in [-0.3, -0.25) is 9.59 Å². The molecule has 0 aliphatic carbocycles. The van der Waals surface area contributed by atoms with Crippen molar-refractivity contribution in [2.24, 2.45) is 5.73 Å². The number of aromatic amines is 1. The van der Waals surface area contributed by atoms with Crippen LogP contribution in [0.5, 0.6) is 0 Å². The molecule has 0 atom stereocenters. The summed E-state index contributed by atoms with van der Waals surface area (Å²) >= 11 is 0. The van der Waals surface area contributed by atoms with E-state index in [0.717, 1.165) is 43.3 Å². The van der Waals surface area contributed by atoms with Gasteiger partial charge < -0.3 is 21.4 Å². The maximum atomic E-state index is 12.2. The fourth-order valence-electron chi connectivity index (χ4n) is 2.40. The number of hydrogen-bond donors (Lipinski definition) is 4. The van der Waals surface area contributed by atoms with E-state index < -0.39 is 11.7 Å². The van der Waals surface area contributed by atoms with Gasteiger partial charge in [0.05, 0.1) is 5.56 Å². The number of benzene rings is 1. The molecule has 0 spiro atoms. The quantitative estimate of drug-likeness (QED) is 0.300. The standard InChI is InChI=1S/C17H24N4O2/c18-8-3-4-9-19-10-5-11-20-17(23)16(22)14-12-21-15-7-2-1-6-13(14)15/h1-2,6-7,12,19,21H,3-5,8-11,18H2,(H,20,23). The SMILES string of the molecule is NCCCCNCCCNC(=O)C(=O)c1c[nH]c2ccccc12.